The second-order valence-corrected chi connectivity index (χ2v) is 10.3. The van der Waals surface area contributed by atoms with Gasteiger partial charge >= 0.3 is 5.97 Å². The molecule has 1 N–H and O–H groups in total. The number of carbonyl (C=O) groups excluding carboxylic acids is 2. The van der Waals surface area contributed by atoms with E-state index in [0.717, 1.165) is 64.9 Å². The summed E-state index contributed by atoms with van der Waals surface area (Å²) >= 11 is 0. The van der Waals surface area contributed by atoms with Crippen LogP contribution in [0.15, 0.2) is 72.8 Å². The number of anilines is 2. The molecule has 1 saturated carbocycles. The van der Waals surface area contributed by atoms with Crippen LogP contribution in [0.25, 0.3) is 17.2 Å². The van der Waals surface area contributed by atoms with Crippen molar-refractivity contribution in [3.63, 3.8) is 0 Å². The largest absolute Gasteiger partial charge is 0.466 e. The number of carbonyl (C=O) groups is 2. The standard InChI is InChI=1S/C33H38N2O4/c1-34(2)29-16-14-26(15-17-29)31-18-12-25(20-28(31)23-36)22-35(33(38)27-9-5-4-6-10-27)30-11-7-8-24(21-30)13-19-32(37)39-3/h7-8,11-21,27,36H,4-6,9-10,22-23H2,1-3H3/b19-13+. The number of ether oxygens (including phenoxy) is 1. The Bertz CT molecular complexity index is 1310. The van der Waals surface area contributed by atoms with E-state index in [0.29, 0.717) is 6.54 Å². The number of hydrogen-bond acceptors (Lipinski definition) is 5. The lowest BCUT2D eigenvalue weighted by atomic mass is 9.88. The second kappa shape index (κ2) is 13.3. The van der Waals surface area contributed by atoms with Crippen LogP contribution in [0.2, 0.25) is 0 Å². The van der Waals surface area contributed by atoms with Crippen molar-refractivity contribution < 1.29 is 19.4 Å². The number of benzene rings is 3. The fourth-order valence-electron chi connectivity index (χ4n) is 5.17. The maximum absolute atomic E-state index is 13.8. The first kappa shape index (κ1) is 28.1. The van der Waals surface area contributed by atoms with Crippen molar-refractivity contribution in [2.24, 2.45) is 5.92 Å². The van der Waals surface area contributed by atoms with Crippen LogP contribution in [0.1, 0.15) is 48.8 Å². The molecule has 204 valence electrons. The van der Waals surface area contributed by atoms with Gasteiger partial charge in [0.05, 0.1) is 20.3 Å². The smallest absolute Gasteiger partial charge is 0.330 e. The van der Waals surface area contributed by atoms with E-state index in [1.165, 1.54) is 19.6 Å². The molecular formula is C33H38N2O4. The lowest BCUT2D eigenvalue weighted by Crippen LogP contribution is -2.36. The number of amides is 1. The maximum atomic E-state index is 13.8. The molecule has 1 fully saturated rings. The molecular weight excluding hydrogens is 488 g/mol. The minimum absolute atomic E-state index is 0.000172. The molecule has 0 saturated heterocycles. The van der Waals surface area contributed by atoms with Gasteiger partial charge in [0, 0.05) is 37.5 Å². The van der Waals surface area contributed by atoms with Crippen molar-refractivity contribution >= 4 is 29.3 Å². The predicted octanol–water partition coefficient (Wildman–Crippen LogP) is 6.21. The zero-order valence-corrected chi connectivity index (χ0v) is 23.1. The molecule has 6 heteroatoms. The van der Waals surface area contributed by atoms with Crippen LogP contribution >= 0.6 is 0 Å². The minimum atomic E-state index is -0.427. The van der Waals surface area contributed by atoms with E-state index in [1.54, 1.807) is 6.08 Å². The number of aliphatic hydroxyl groups excluding tert-OH is 1. The lowest BCUT2D eigenvalue weighted by molar-refractivity contribution is -0.134. The first-order valence-electron chi connectivity index (χ1n) is 13.6. The van der Waals surface area contributed by atoms with Crippen molar-refractivity contribution in [2.45, 2.75) is 45.3 Å². The number of aliphatic hydroxyl groups is 1. The number of rotatable bonds is 9. The molecule has 0 spiro atoms. The van der Waals surface area contributed by atoms with Crippen LogP contribution in [0.5, 0.6) is 0 Å². The topological polar surface area (TPSA) is 70.1 Å². The van der Waals surface area contributed by atoms with Gasteiger partial charge in [-0.2, -0.15) is 0 Å². The van der Waals surface area contributed by atoms with E-state index >= 15 is 0 Å². The van der Waals surface area contributed by atoms with Gasteiger partial charge in [0.25, 0.3) is 0 Å². The fraction of sp³-hybridized carbons (Fsp3) is 0.333. The number of esters is 1. The number of methoxy groups -OCH3 is 1. The summed E-state index contributed by atoms with van der Waals surface area (Å²) in [7, 11) is 5.36. The Morgan fingerprint density at radius 1 is 0.949 bits per heavy atom. The van der Waals surface area contributed by atoms with Crippen LogP contribution in [-0.2, 0) is 27.5 Å². The van der Waals surface area contributed by atoms with E-state index in [1.807, 2.05) is 61.5 Å². The third kappa shape index (κ3) is 7.15. The first-order valence-corrected chi connectivity index (χ1v) is 13.6. The van der Waals surface area contributed by atoms with Gasteiger partial charge in [-0.25, -0.2) is 4.79 Å². The van der Waals surface area contributed by atoms with Gasteiger partial charge < -0.3 is 19.6 Å². The van der Waals surface area contributed by atoms with E-state index in [2.05, 4.69) is 29.2 Å². The monoisotopic (exact) mass is 526 g/mol. The fourth-order valence-corrected chi connectivity index (χ4v) is 5.17. The molecule has 6 nitrogen and oxygen atoms in total. The van der Waals surface area contributed by atoms with Gasteiger partial charge in [-0.15, -0.1) is 0 Å². The molecule has 0 aliphatic heterocycles. The summed E-state index contributed by atoms with van der Waals surface area (Å²) in [6.07, 6.45) is 8.20. The molecule has 0 heterocycles. The highest BCUT2D eigenvalue weighted by molar-refractivity contribution is 5.95. The highest BCUT2D eigenvalue weighted by Gasteiger charge is 2.27. The second-order valence-electron chi connectivity index (χ2n) is 10.3. The van der Waals surface area contributed by atoms with Crippen molar-refractivity contribution in [3.05, 3.63) is 89.5 Å². The summed E-state index contributed by atoms with van der Waals surface area (Å²) < 4.78 is 4.71. The molecule has 3 aromatic rings. The highest BCUT2D eigenvalue weighted by atomic mass is 16.5. The van der Waals surface area contributed by atoms with Gasteiger partial charge in [-0.05, 0) is 71.0 Å². The molecule has 0 radical (unpaired) electrons. The summed E-state index contributed by atoms with van der Waals surface area (Å²) in [6.45, 7) is 0.301. The van der Waals surface area contributed by atoms with E-state index in [9.17, 15) is 14.7 Å². The van der Waals surface area contributed by atoms with Gasteiger partial charge in [-0.1, -0.05) is 61.7 Å². The van der Waals surface area contributed by atoms with E-state index in [-0.39, 0.29) is 18.4 Å². The summed E-state index contributed by atoms with van der Waals surface area (Å²) in [5.74, 6) is -0.305. The van der Waals surface area contributed by atoms with Crippen LogP contribution in [0.4, 0.5) is 11.4 Å². The molecule has 39 heavy (non-hydrogen) atoms. The minimum Gasteiger partial charge on any atom is -0.466 e. The SMILES string of the molecule is COC(=O)/C=C/c1cccc(N(Cc2ccc(-c3ccc(N(C)C)cc3)c(CO)c2)C(=O)C2CCCCC2)c1. The Labute approximate surface area is 231 Å². The molecule has 1 aliphatic carbocycles. The molecule has 1 amide bonds. The average molecular weight is 527 g/mol. The molecule has 0 atom stereocenters. The normalized spacial score (nSPS) is 13.8. The predicted molar refractivity (Wildman–Crippen MR) is 157 cm³/mol. The van der Waals surface area contributed by atoms with Crippen LogP contribution in [-0.4, -0.2) is 38.2 Å². The average Bonchev–Trinajstić information content (AvgIpc) is 2.98. The Morgan fingerprint density at radius 2 is 1.69 bits per heavy atom. The van der Waals surface area contributed by atoms with Crippen molar-refractivity contribution in [1.29, 1.82) is 0 Å². The number of nitrogens with zero attached hydrogens (tertiary/aromatic N) is 2. The van der Waals surface area contributed by atoms with E-state index in [4.69, 9.17) is 4.74 Å². The molecule has 1 aliphatic rings. The summed E-state index contributed by atoms with van der Waals surface area (Å²) in [6, 6.07) is 22.0. The Hall–Kier alpha value is -3.90. The Balaban J connectivity index is 1.65. The quantitative estimate of drug-likeness (QED) is 0.265. The van der Waals surface area contributed by atoms with Crippen LogP contribution in [0.3, 0.4) is 0 Å². The Kier molecular flexibility index (Phi) is 9.55. The molecule has 0 unspecified atom stereocenters. The van der Waals surface area contributed by atoms with Crippen LogP contribution in [0, 0.1) is 5.92 Å². The van der Waals surface area contributed by atoms with Gasteiger partial charge in [0.1, 0.15) is 0 Å². The van der Waals surface area contributed by atoms with Gasteiger partial charge in [0.2, 0.25) is 5.91 Å². The highest BCUT2D eigenvalue weighted by Crippen LogP contribution is 2.31. The van der Waals surface area contributed by atoms with Crippen LogP contribution < -0.4 is 9.80 Å². The summed E-state index contributed by atoms with van der Waals surface area (Å²) in [4.78, 5) is 29.3. The maximum Gasteiger partial charge on any atom is 0.330 e. The first-order chi connectivity index (χ1) is 18.9. The zero-order chi connectivity index (χ0) is 27.8. The molecule has 0 aromatic heterocycles. The van der Waals surface area contributed by atoms with Crippen molar-refractivity contribution in [3.8, 4) is 11.1 Å². The van der Waals surface area contributed by atoms with Gasteiger partial charge in [-0.3, -0.25) is 4.79 Å². The zero-order valence-electron chi connectivity index (χ0n) is 23.1. The van der Waals surface area contributed by atoms with Crippen molar-refractivity contribution in [1.82, 2.24) is 0 Å². The third-order valence-electron chi connectivity index (χ3n) is 7.39. The summed E-state index contributed by atoms with van der Waals surface area (Å²) in [5, 5.41) is 10.2. The van der Waals surface area contributed by atoms with Gasteiger partial charge in [0.15, 0.2) is 0 Å². The molecule has 0 bridgehead atoms. The Morgan fingerprint density at radius 3 is 2.36 bits per heavy atom. The lowest BCUT2D eigenvalue weighted by Gasteiger charge is -2.30. The third-order valence-corrected chi connectivity index (χ3v) is 7.39. The molecule has 4 rings (SSSR count). The number of hydrogen-bond donors (Lipinski definition) is 1. The molecule has 3 aromatic carbocycles. The summed E-state index contributed by atoms with van der Waals surface area (Å²) in [5.41, 5.74) is 6.50. The van der Waals surface area contributed by atoms with E-state index < -0.39 is 5.97 Å². The van der Waals surface area contributed by atoms with Crippen molar-refractivity contribution in [2.75, 3.05) is 31.0 Å².